The summed E-state index contributed by atoms with van der Waals surface area (Å²) in [4.78, 5) is 34.8. The largest absolute Gasteiger partial charge is 0.494 e. The molecule has 0 aliphatic heterocycles. The zero-order chi connectivity index (χ0) is 22.9. The highest BCUT2D eigenvalue weighted by atomic mass is 16.6. The minimum atomic E-state index is -0.510. The van der Waals surface area contributed by atoms with Crippen molar-refractivity contribution in [2.75, 3.05) is 6.61 Å². The first-order chi connectivity index (χ1) is 15.5. The number of rotatable bonds is 9. The van der Waals surface area contributed by atoms with E-state index >= 15 is 0 Å². The fourth-order valence-corrected chi connectivity index (χ4v) is 2.74. The number of carbonyl (C=O) groups is 2. The molecule has 162 valence electrons. The molecule has 0 spiro atoms. The van der Waals surface area contributed by atoms with Crippen LogP contribution in [-0.4, -0.2) is 23.3 Å². The summed E-state index contributed by atoms with van der Waals surface area (Å²) in [5.41, 5.74) is 1.46. The molecule has 3 rings (SSSR count). The van der Waals surface area contributed by atoms with Gasteiger partial charge in [-0.2, -0.15) is 0 Å². The molecule has 0 saturated heterocycles. The minimum Gasteiger partial charge on any atom is -0.494 e. The van der Waals surface area contributed by atoms with Crippen LogP contribution in [0.25, 0.3) is 6.08 Å². The number of carbonyl (C=O) groups excluding carboxylic acids is 2. The van der Waals surface area contributed by atoms with Gasteiger partial charge in [-0.05, 0) is 78.7 Å². The molecule has 0 aromatic heterocycles. The Bertz CT molecular complexity index is 1120. The predicted octanol–water partition coefficient (Wildman–Crippen LogP) is 5.50. The number of ether oxygens (including phenoxy) is 2. The van der Waals surface area contributed by atoms with Crippen molar-refractivity contribution >= 4 is 23.5 Å². The van der Waals surface area contributed by atoms with Crippen molar-refractivity contribution in [2.24, 2.45) is 0 Å². The maximum atomic E-state index is 12.3. The molecule has 0 saturated carbocycles. The van der Waals surface area contributed by atoms with E-state index in [1.165, 1.54) is 18.2 Å². The van der Waals surface area contributed by atoms with Crippen molar-refractivity contribution in [2.45, 2.75) is 13.3 Å². The Morgan fingerprint density at radius 1 is 0.875 bits per heavy atom. The molecule has 3 aromatic rings. The molecule has 0 N–H and O–H groups in total. The van der Waals surface area contributed by atoms with Gasteiger partial charge in [-0.15, -0.1) is 0 Å². The van der Waals surface area contributed by atoms with Crippen LogP contribution in [0.5, 0.6) is 11.5 Å². The van der Waals surface area contributed by atoms with E-state index in [4.69, 9.17) is 9.47 Å². The van der Waals surface area contributed by atoms with Crippen molar-refractivity contribution in [3.05, 3.63) is 106 Å². The van der Waals surface area contributed by atoms with E-state index in [1.54, 1.807) is 66.7 Å². The van der Waals surface area contributed by atoms with Crippen LogP contribution in [0.4, 0.5) is 5.69 Å². The highest BCUT2D eigenvalue weighted by Gasteiger charge is 2.10. The minimum absolute atomic E-state index is 0.0145. The normalized spacial score (nSPS) is 10.7. The molecule has 0 heterocycles. The lowest BCUT2D eigenvalue weighted by atomic mass is 10.1. The van der Waals surface area contributed by atoms with E-state index in [0.29, 0.717) is 34.8 Å². The number of nitrogens with zero attached hydrogens (tertiary/aromatic N) is 1. The van der Waals surface area contributed by atoms with Crippen LogP contribution in [0, 0.1) is 10.1 Å². The Labute approximate surface area is 185 Å². The molecule has 0 bridgehead atoms. The molecular formula is C25H21NO6. The van der Waals surface area contributed by atoms with Crippen molar-refractivity contribution in [1.82, 2.24) is 0 Å². The van der Waals surface area contributed by atoms with Crippen molar-refractivity contribution in [3.8, 4) is 11.5 Å². The summed E-state index contributed by atoms with van der Waals surface area (Å²) in [6, 6.07) is 18.8. The molecule has 7 nitrogen and oxygen atoms in total. The van der Waals surface area contributed by atoms with Gasteiger partial charge < -0.3 is 9.47 Å². The summed E-state index contributed by atoms with van der Waals surface area (Å²) < 4.78 is 10.8. The Kier molecular flexibility index (Phi) is 7.48. The van der Waals surface area contributed by atoms with E-state index in [0.717, 1.165) is 6.42 Å². The number of non-ortho nitro benzene ring substituents is 1. The number of ketones is 1. The standard InChI is InChI=1S/C25H21NO6/c1-2-17-31-22-12-8-20(9-13-22)25(28)32-23-14-6-19(7-15-23)24(27)16-5-18-3-10-21(11-4-18)26(29)30/h3-16H,2,17H2,1H3/b16-5+. The smallest absolute Gasteiger partial charge is 0.343 e. The van der Waals surface area contributed by atoms with Crippen molar-refractivity contribution in [3.63, 3.8) is 0 Å². The SMILES string of the molecule is CCCOc1ccc(C(=O)Oc2ccc(C(=O)/C=C/c3ccc([N+](=O)[O-])cc3)cc2)cc1. The molecule has 0 atom stereocenters. The third-order valence-corrected chi connectivity index (χ3v) is 4.44. The Morgan fingerprint density at radius 2 is 1.47 bits per heavy atom. The fourth-order valence-electron chi connectivity index (χ4n) is 2.74. The van der Waals surface area contributed by atoms with Gasteiger partial charge in [0.1, 0.15) is 11.5 Å². The van der Waals surface area contributed by atoms with Gasteiger partial charge in [0, 0.05) is 17.7 Å². The average Bonchev–Trinajstić information content (AvgIpc) is 2.82. The van der Waals surface area contributed by atoms with Gasteiger partial charge >= 0.3 is 5.97 Å². The van der Waals surface area contributed by atoms with Crippen LogP contribution in [-0.2, 0) is 0 Å². The van der Waals surface area contributed by atoms with E-state index in [-0.39, 0.29) is 11.5 Å². The Balaban J connectivity index is 1.58. The predicted molar refractivity (Wildman–Crippen MR) is 120 cm³/mol. The number of nitro groups is 1. The zero-order valence-electron chi connectivity index (χ0n) is 17.4. The van der Waals surface area contributed by atoms with Gasteiger partial charge in [-0.25, -0.2) is 4.79 Å². The highest BCUT2D eigenvalue weighted by molar-refractivity contribution is 6.06. The fraction of sp³-hybridized carbons (Fsp3) is 0.120. The van der Waals surface area contributed by atoms with E-state index in [1.807, 2.05) is 6.92 Å². The molecule has 0 radical (unpaired) electrons. The summed E-state index contributed by atoms with van der Waals surface area (Å²) in [7, 11) is 0. The summed E-state index contributed by atoms with van der Waals surface area (Å²) in [6.07, 6.45) is 3.85. The molecule has 0 fully saturated rings. The molecule has 7 heteroatoms. The number of esters is 1. The molecule has 3 aromatic carbocycles. The van der Waals surface area contributed by atoms with Gasteiger partial charge in [-0.3, -0.25) is 14.9 Å². The number of hydrogen-bond donors (Lipinski definition) is 0. The summed E-state index contributed by atoms with van der Waals surface area (Å²) in [5.74, 6) is 0.248. The van der Waals surface area contributed by atoms with Gasteiger partial charge in [-0.1, -0.05) is 13.0 Å². The van der Waals surface area contributed by atoms with E-state index < -0.39 is 10.9 Å². The monoisotopic (exact) mass is 431 g/mol. The molecular weight excluding hydrogens is 410 g/mol. The second kappa shape index (κ2) is 10.7. The molecule has 0 aliphatic rings. The quantitative estimate of drug-likeness (QED) is 0.111. The second-order valence-electron chi connectivity index (χ2n) is 6.83. The van der Waals surface area contributed by atoms with Gasteiger partial charge in [0.15, 0.2) is 5.78 Å². The number of benzene rings is 3. The lowest BCUT2D eigenvalue weighted by Gasteiger charge is -2.07. The van der Waals surface area contributed by atoms with Gasteiger partial charge in [0.2, 0.25) is 0 Å². The topological polar surface area (TPSA) is 95.7 Å². The maximum absolute atomic E-state index is 12.3. The van der Waals surface area contributed by atoms with Gasteiger partial charge in [0.25, 0.3) is 5.69 Å². The third-order valence-electron chi connectivity index (χ3n) is 4.44. The van der Waals surface area contributed by atoms with Crippen LogP contribution in [0.2, 0.25) is 0 Å². The molecule has 0 amide bonds. The van der Waals surface area contributed by atoms with E-state index in [2.05, 4.69) is 0 Å². The molecule has 0 aliphatic carbocycles. The van der Waals surface area contributed by atoms with Crippen LogP contribution in [0.15, 0.2) is 78.9 Å². The molecule has 0 unspecified atom stereocenters. The summed E-state index contributed by atoms with van der Waals surface area (Å²) in [6.45, 7) is 2.62. The Morgan fingerprint density at radius 3 is 2.06 bits per heavy atom. The van der Waals surface area contributed by atoms with Crippen LogP contribution >= 0.6 is 0 Å². The average molecular weight is 431 g/mol. The third kappa shape index (κ3) is 6.12. The van der Waals surface area contributed by atoms with Crippen LogP contribution in [0.3, 0.4) is 0 Å². The Hall–Kier alpha value is -4.26. The highest BCUT2D eigenvalue weighted by Crippen LogP contribution is 2.18. The summed E-state index contributed by atoms with van der Waals surface area (Å²) in [5, 5.41) is 10.7. The van der Waals surface area contributed by atoms with Crippen molar-refractivity contribution < 1.29 is 24.0 Å². The zero-order valence-corrected chi connectivity index (χ0v) is 17.4. The lowest BCUT2D eigenvalue weighted by molar-refractivity contribution is -0.384. The summed E-state index contributed by atoms with van der Waals surface area (Å²) >= 11 is 0. The van der Waals surface area contributed by atoms with Crippen LogP contribution in [0.1, 0.15) is 39.6 Å². The molecule has 32 heavy (non-hydrogen) atoms. The first kappa shape index (κ1) is 22.4. The number of hydrogen-bond acceptors (Lipinski definition) is 6. The lowest BCUT2D eigenvalue weighted by Crippen LogP contribution is -2.08. The van der Waals surface area contributed by atoms with Crippen LogP contribution < -0.4 is 9.47 Å². The second-order valence-corrected chi connectivity index (χ2v) is 6.83. The number of nitro benzene ring substituents is 1. The van der Waals surface area contributed by atoms with E-state index in [9.17, 15) is 19.7 Å². The first-order valence-corrected chi connectivity index (χ1v) is 9.98. The van der Waals surface area contributed by atoms with Gasteiger partial charge in [0.05, 0.1) is 17.1 Å². The maximum Gasteiger partial charge on any atom is 0.343 e. The number of allylic oxidation sites excluding steroid dienone is 1. The van der Waals surface area contributed by atoms with Crippen molar-refractivity contribution in [1.29, 1.82) is 0 Å². The first-order valence-electron chi connectivity index (χ1n) is 9.98.